The number of para-hydroxylation sites is 1. The van der Waals surface area contributed by atoms with Crippen LogP contribution in [0.4, 0.5) is 10.5 Å². The minimum absolute atomic E-state index is 0.0815. The second-order valence-corrected chi connectivity index (χ2v) is 5.68. The van der Waals surface area contributed by atoms with E-state index in [-0.39, 0.29) is 6.03 Å². The molecule has 20 heavy (non-hydrogen) atoms. The second kappa shape index (κ2) is 7.17. The smallest absolute Gasteiger partial charge is 0.317 e. The zero-order valence-electron chi connectivity index (χ0n) is 12.5. The lowest BCUT2D eigenvalue weighted by Gasteiger charge is -2.31. The van der Waals surface area contributed by atoms with Gasteiger partial charge in [-0.1, -0.05) is 25.1 Å². The number of rotatable bonds is 4. The quantitative estimate of drug-likeness (QED) is 0.916. The molecule has 4 nitrogen and oxygen atoms in total. The summed E-state index contributed by atoms with van der Waals surface area (Å²) in [4.78, 5) is 16.2. The van der Waals surface area contributed by atoms with Gasteiger partial charge < -0.3 is 15.1 Å². The summed E-state index contributed by atoms with van der Waals surface area (Å²) >= 11 is 0. The van der Waals surface area contributed by atoms with Crippen LogP contribution in [0.2, 0.25) is 0 Å². The van der Waals surface area contributed by atoms with Crippen LogP contribution < -0.4 is 10.2 Å². The van der Waals surface area contributed by atoms with E-state index in [9.17, 15) is 4.79 Å². The first-order valence-electron chi connectivity index (χ1n) is 7.46. The lowest BCUT2D eigenvalue weighted by Crippen LogP contribution is -2.46. The number of hydrogen-bond donors (Lipinski definition) is 1. The van der Waals surface area contributed by atoms with Crippen LogP contribution in [-0.4, -0.2) is 44.2 Å². The van der Waals surface area contributed by atoms with Gasteiger partial charge in [0.05, 0.1) is 0 Å². The zero-order valence-corrected chi connectivity index (χ0v) is 12.5. The molecule has 1 fully saturated rings. The molecular formula is C16H25N3O. The molecule has 1 unspecified atom stereocenters. The van der Waals surface area contributed by atoms with E-state index in [4.69, 9.17) is 0 Å². The molecule has 1 aromatic rings. The summed E-state index contributed by atoms with van der Waals surface area (Å²) in [5.41, 5.74) is 1.17. The first-order chi connectivity index (χ1) is 9.66. The van der Waals surface area contributed by atoms with Crippen LogP contribution in [0.25, 0.3) is 0 Å². The van der Waals surface area contributed by atoms with E-state index < -0.39 is 0 Å². The number of likely N-dealkylation sites (tertiary alicyclic amines) is 1. The highest BCUT2D eigenvalue weighted by Gasteiger charge is 2.20. The summed E-state index contributed by atoms with van der Waals surface area (Å²) in [6, 6.07) is 10.3. The summed E-state index contributed by atoms with van der Waals surface area (Å²) in [7, 11) is 2.05. The van der Waals surface area contributed by atoms with E-state index in [1.807, 2.05) is 30.1 Å². The monoisotopic (exact) mass is 275 g/mol. The van der Waals surface area contributed by atoms with Crippen molar-refractivity contribution in [3.63, 3.8) is 0 Å². The van der Waals surface area contributed by atoms with E-state index in [0.29, 0.717) is 12.5 Å². The highest BCUT2D eigenvalue weighted by atomic mass is 16.2. The predicted octanol–water partition coefficient (Wildman–Crippen LogP) is 2.56. The van der Waals surface area contributed by atoms with Crippen LogP contribution in [0, 0.1) is 5.92 Å². The van der Waals surface area contributed by atoms with Gasteiger partial charge in [-0.15, -0.1) is 0 Å². The normalized spacial score (nSPS) is 18.7. The maximum atomic E-state index is 12.1. The number of nitrogens with zero attached hydrogens (tertiary/aromatic N) is 2. The molecule has 1 N–H and O–H groups in total. The third kappa shape index (κ3) is 4.15. The van der Waals surface area contributed by atoms with Gasteiger partial charge in [0.2, 0.25) is 0 Å². The van der Waals surface area contributed by atoms with Crippen LogP contribution in [0.15, 0.2) is 30.3 Å². The summed E-state index contributed by atoms with van der Waals surface area (Å²) in [6.07, 6.45) is 2.36. The molecule has 1 saturated heterocycles. The number of amides is 2. The van der Waals surface area contributed by atoms with Crippen LogP contribution >= 0.6 is 0 Å². The summed E-state index contributed by atoms with van der Waals surface area (Å²) in [5, 5.41) is 3.02. The third-order valence-electron chi connectivity index (χ3n) is 3.86. The number of carbonyl (C=O) groups is 1. The fraction of sp³-hybridized carbons (Fsp3) is 0.562. The molecule has 1 aromatic carbocycles. The molecule has 0 aromatic heterocycles. The van der Waals surface area contributed by atoms with E-state index in [1.54, 1.807) is 0 Å². The van der Waals surface area contributed by atoms with Crippen LogP contribution in [-0.2, 0) is 0 Å². The molecule has 0 aliphatic carbocycles. The van der Waals surface area contributed by atoms with Gasteiger partial charge in [0, 0.05) is 38.9 Å². The number of urea groups is 1. The van der Waals surface area contributed by atoms with Crippen LogP contribution in [0.3, 0.4) is 0 Å². The standard InChI is InChI=1S/C16H25N3O/c1-14-7-6-11-19(13-14)16(20)17-10-12-18(2)15-8-4-3-5-9-15/h3-5,8-9,14H,6-7,10-13H2,1-2H3,(H,17,20). The molecule has 1 heterocycles. The van der Waals surface area contributed by atoms with Crippen molar-refractivity contribution >= 4 is 11.7 Å². The lowest BCUT2D eigenvalue weighted by atomic mass is 10.0. The molecule has 2 rings (SSSR count). The Hall–Kier alpha value is -1.71. The van der Waals surface area contributed by atoms with E-state index in [1.165, 1.54) is 12.1 Å². The van der Waals surface area contributed by atoms with Gasteiger partial charge in [0.15, 0.2) is 0 Å². The average molecular weight is 275 g/mol. The lowest BCUT2D eigenvalue weighted by molar-refractivity contribution is 0.170. The van der Waals surface area contributed by atoms with Gasteiger partial charge in [-0.25, -0.2) is 4.79 Å². The first kappa shape index (κ1) is 14.7. The topological polar surface area (TPSA) is 35.6 Å². The van der Waals surface area contributed by atoms with E-state index in [0.717, 1.165) is 26.1 Å². The minimum atomic E-state index is 0.0815. The minimum Gasteiger partial charge on any atom is -0.373 e. The van der Waals surface area contributed by atoms with Gasteiger partial charge in [-0.05, 0) is 30.9 Å². The third-order valence-corrected chi connectivity index (χ3v) is 3.86. The van der Waals surface area contributed by atoms with Crippen molar-refractivity contribution in [3.05, 3.63) is 30.3 Å². The average Bonchev–Trinajstić information content (AvgIpc) is 2.48. The molecule has 0 spiro atoms. The number of anilines is 1. The summed E-state index contributed by atoms with van der Waals surface area (Å²) in [6.45, 7) is 5.49. The van der Waals surface area contributed by atoms with Crippen molar-refractivity contribution in [1.82, 2.24) is 10.2 Å². The van der Waals surface area contributed by atoms with Gasteiger partial charge in [-0.2, -0.15) is 0 Å². The number of likely N-dealkylation sites (N-methyl/N-ethyl adjacent to an activating group) is 1. The molecule has 0 radical (unpaired) electrons. The zero-order chi connectivity index (χ0) is 14.4. The van der Waals surface area contributed by atoms with E-state index >= 15 is 0 Å². The largest absolute Gasteiger partial charge is 0.373 e. The molecule has 1 aliphatic rings. The number of piperidine rings is 1. The van der Waals surface area contributed by atoms with Gasteiger partial charge in [0.25, 0.3) is 0 Å². The van der Waals surface area contributed by atoms with Crippen LogP contribution in [0.1, 0.15) is 19.8 Å². The Balaban J connectivity index is 1.71. The van der Waals surface area contributed by atoms with Crippen molar-refractivity contribution in [2.75, 3.05) is 38.1 Å². The highest BCUT2D eigenvalue weighted by Crippen LogP contribution is 2.15. The number of carbonyl (C=O) groups excluding carboxylic acids is 1. The Labute approximate surface area is 121 Å². The second-order valence-electron chi connectivity index (χ2n) is 5.68. The van der Waals surface area contributed by atoms with E-state index in [2.05, 4.69) is 29.3 Å². The molecule has 0 bridgehead atoms. The van der Waals surface area contributed by atoms with Gasteiger partial charge >= 0.3 is 6.03 Å². The molecule has 110 valence electrons. The first-order valence-corrected chi connectivity index (χ1v) is 7.46. The van der Waals surface area contributed by atoms with Crippen molar-refractivity contribution in [2.45, 2.75) is 19.8 Å². The molecule has 4 heteroatoms. The van der Waals surface area contributed by atoms with Crippen molar-refractivity contribution in [2.24, 2.45) is 5.92 Å². The summed E-state index contributed by atoms with van der Waals surface area (Å²) in [5.74, 6) is 0.626. The Morgan fingerprint density at radius 1 is 1.40 bits per heavy atom. The predicted molar refractivity (Wildman–Crippen MR) is 83.1 cm³/mol. The number of hydrogen-bond acceptors (Lipinski definition) is 2. The van der Waals surface area contributed by atoms with Crippen LogP contribution in [0.5, 0.6) is 0 Å². The maximum absolute atomic E-state index is 12.1. The molecule has 1 aliphatic heterocycles. The van der Waals surface area contributed by atoms with Crippen molar-refractivity contribution in [1.29, 1.82) is 0 Å². The molecule has 2 amide bonds. The fourth-order valence-corrected chi connectivity index (χ4v) is 2.63. The summed E-state index contributed by atoms with van der Waals surface area (Å²) < 4.78 is 0. The Kier molecular flexibility index (Phi) is 5.27. The SMILES string of the molecule is CC1CCCN(C(=O)NCCN(C)c2ccccc2)C1. The molecular weight excluding hydrogens is 250 g/mol. The Morgan fingerprint density at radius 2 is 2.15 bits per heavy atom. The molecule has 0 saturated carbocycles. The number of nitrogens with one attached hydrogen (secondary N) is 1. The Bertz CT molecular complexity index is 421. The van der Waals surface area contributed by atoms with Crippen molar-refractivity contribution in [3.8, 4) is 0 Å². The maximum Gasteiger partial charge on any atom is 0.317 e. The highest BCUT2D eigenvalue weighted by molar-refractivity contribution is 5.74. The van der Waals surface area contributed by atoms with Crippen molar-refractivity contribution < 1.29 is 4.79 Å². The fourth-order valence-electron chi connectivity index (χ4n) is 2.63. The van der Waals surface area contributed by atoms with Gasteiger partial charge in [-0.3, -0.25) is 0 Å². The van der Waals surface area contributed by atoms with Gasteiger partial charge in [0.1, 0.15) is 0 Å². The Morgan fingerprint density at radius 3 is 2.85 bits per heavy atom. The number of benzene rings is 1. The molecule has 1 atom stereocenters.